The molecular formula is C16H29N3. The molecule has 1 N–H and O–H groups in total. The lowest BCUT2D eigenvalue weighted by Gasteiger charge is -2.29. The van der Waals surface area contributed by atoms with E-state index in [2.05, 4.69) is 62.9 Å². The van der Waals surface area contributed by atoms with Crippen LogP contribution >= 0.6 is 0 Å². The summed E-state index contributed by atoms with van der Waals surface area (Å²) in [5.41, 5.74) is 1.39. The molecule has 0 spiro atoms. The van der Waals surface area contributed by atoms with Gasteiger partial charge in [0.2, 0.25) is 0 Å². The van der Waals surface area contributed by atoms with Gasteiger partial charge in [0.15, 0.2) is 0 Å². The summed E-state index contributed by atoms with van der Waals surface area (Å²) in [6.07, 6.45) is 4.28. The van der Waals surface area contributed by atoms with Gasteiger partial charge in [0, 0.05) is 36.9 Å². The lowest BCUT2D eigenvalue weighted by molar-refractivity contribution is 0.423. The summed E-state index contributed by atoms with van der Waals surface area (Å²) < 4.78 is 0. The first-order valence-corrected chi connectivity index (χ1v) is 7.27. The molecule has 0 saturated heterocycles. The molecular weight excluding hydrogens is 234 g/mol. The van der Waals surface area contributed by atoms with Crippen LogP contribution in [0.3, 0.4) is 0 Å². The van der Waals surface area contributed by atoms with E-state index in [0.717, 1.165) is 12.4 Å². The standard InChI is InChI=1S/C16H29N3/c1-7-9-13(2)19(6)15-14(10-8-11-17-15)12-18-16(3,4)5/h8,10-11,13,18H,7,9,12H2,1-6H3. The molecule has 3 heteroatoms. The van der Waals surface area contributed by atoms with Gasteiger partial charge in [0.05, 0.1) is 0 Å². The number of rotatable bonds is 6. The summed E-state index contributed by atoms with van der Waals surface area (Å²) >= 11 is 0. The summed E-state index contributed by atoms with van der Waals surface area (Å²) in [6.45, 7) is 11.9. The predicted molar refractivity (Wildman–Crippen MR) is 83.6 cm³/mol. The molecule has 1 unspecified atom stereocenters. The molecule has 1 aromatic rings. The lowest BCUT2D eigenvalue weighted by Crippen LogP contribution is -2.36. The average molecular weight is 263 g/mol. The summed E-state index contributed by atoms with van der Waals surface area (Å²) in [4.78, 5) is 6.86. The molecule has 1 heterocycles. The highest BCUT2D eigenvalue weighted by Gasteiger charge is 2.15. The van der Waals surface area contributed by atoms with Gasteiger partial charge in [-0.2, -0.15) is 0 Å². The molecule has 0 saturated carbocycles. The second-order valence-corrected chi connectivity index (χ2v) is 6.34. The van der Waals surface area contributed by atoms with E-state index in [1.54, 1.807) is 0 Å². The smallest absolute Gasteiger partial charge is 0.132 e. The Morgan fingerprint density at radius 3 is 2.63 bits per heavy atom. The van der Waals surface area contributed by atoms with Gasteiger partial charge in [-0.25, -0.2) is 4.98 Å². The number of nitrogens with zero attached hydrogens (tertiary/aromatic N) is 2. The van der Waals surface area contributed by atoms with Gasteiger partial charge in [0.25, 0.3) is 0 Å². The van der Waals surface area contributed by atoms with Crippen LogP contribution in [-0.2, 0) is 6.54 Å². The van der Waals surface area contributed by atoms with Gasteiger partial charge in [-0.3, -0.25) is 0 Å². The van der Waals surface area contributed by atoms with Crippen molar-refractivity contribution >= 4 is 5.82 Å². The van der Waals surface area contributed by atoms with E-state index in [4.69, 9.17) is 0 Å². The SMILES string of the molecule is CCCC(C)N(C)c1ncccc1CNC(C)(C)C. The second-order valence-electron chi connectivity index (χ2n) is 6.34. The predicted octanol–water partition coefficient (Wildman–Crippen LogP) is 3.59. The number of nitrogens with one attached hydrogen (secondary N) is 1. The van der Waals surface area contributed by atoms with Gasteiger partial charge in [0.1, 0.15) is 5.82 Å². The molecule has 0 amide bonds. The van der Waals surface area contributed by atoms with Crippen molar-refractivity contribution in [2.24, 2.45) is 0 Å². The molecule has 0 radical (unpaired) electrons. The van der Waals surface area contributed by atoms with Crippen molar-refractivity contribution in [3.63, 3.8) is 0 Å². The van der Waals surface area contributed by atoms with Crippen molar-refractivity contribution in [3.05, 3.63) is 23.9 Å². The van der Waals surface area contributed by atoms with E-state index in [0.29, 0.717) is 6.04 Å². The van der Waals surface area contributed by atoms with Gasteiger partial charge in [-0.05, 0) is 40.2 Å². The van der Waals surface area contributed by atoms with E-state index < -0.39 is 0 Å². The first-order chi connectivity index (χ1) is 8.85. The fourth-order valence-corrected chi connectivity index (χ4v) is 2.07. The fraction of sp³-hybridized carbons (Fsp3) is 0.688. The first-order valence-electron chi connectivity index (χ1n) is 7.27. The molecule has 1 rings (SSSR count). The van der Waals surface area contributed by atoms with Crippen LogP contribution in [0, 0.1) is 0 Å². The van der Waals surface area contributed by atoms with Crippen LogP contribution in [0.2, 0.25) is 0 Å². The Kier molecular flexibility index (Phi) is 5.80. The third-order valence-corrected chi connectivity index (χ3v) is 3.38. The minimum atomic E-state index is 0.126. The largest absolute Gasteiger partial charge is 0.357 e. The molecule has 0 aliphatic carbocycles. The maximum atomic E-state index is 4.57. The molecule has 0 bridgehead atoms. The molecule has 0 fully saturated rings. The maximum absolute atomic E-state index is 4.57. The van der Waals surface area contributed by atoms with Crippen LogP contribution in [0.15, 0.2) is 18.3 Å². The Bertz CT molecular complexity index is 382. The van der Waals surface area contributed by atoms with Crippen LogP contribution < -0.4 is 10.2 Å². The van der Waals surface area contributed by atoms with E-state index in [9.17, 15) is 0 Å². The number of anilines is 1. The third-order valence-electron chi connectivity index (χ3n) is 3.38. The molecule has 0 aliphatic heterocycles. The Labute approximate surface area is 118 Å². The van der Waals surface area contributed by atoms with Crippen LogP contribution in [0.1, 0.15) is 53.0 Å². The van der Waals surface area contributed by atoms with E-state index in [1.165, 1.54) is 18.4 Å². The van der Waals surface area contributed by atoms with Crippen molar-refractivity contribution < 1.29 is 0 Å². The van der Waals surface area contributed by atoms with Crippen LogP contribution in [0.5, 0.6) is 0 Å². The number of aromatic nitrogens is 1. The Morgan fingerprint density at radius 2 is 2.05 bits per heavy atom. The maximum Gasteiger partial charge on any atom is 0.132 e. The zero-order chi connectivity index (χ0) is 14.5. The second kappa shape index (κ2) is 6.90. The topological polar surface area (TPSA) is 28.2 Å². The average Bonchev–Trinajstić information content (AvgIpc) is 2.35. The molecule has 1 aromatic heterocycles. The molecule has 19 heavy (non-hydrogen) atoms. The summed E-state index contributed by atoms with van der Waals surface area (Å²) in [7, 11) is 2.14. The highest BCUT2D eigenvalue weighted by atomic mass is 15.2. The minimum Gasteiger partial charge on any atom is -0.357 e. The Morgan fingerprint density at radius 1 is 1.37 bits per heavy atom. The normalized spacial score (nSPS) is 13.4. The molecule has 3 nitrogen and oxygen atoms in total. The van der Waals surface area contributed by atoms with Crippen molar-refractivity contribution in [1.29, 1.82) is 0 Å². The van der Waals surface area contributed by atoms with Gasteiger partial charge in [-0.1, -0.05) is 19.4 Å². The summed E-state index contributed by atoms with van der Waals surface area (Å²) in [5.74, 6) is 1.10. The quantitative estimate of drug-likeness (QED) is 0.850. The van der Waals surface area contributed by atoms with E-state index in [1.807, 2.05) is 12.3 Å². The number of hydrogen-bond acceptors (Lipinski definition) is 3. The molecule has 0 aliphatic rings. The van der Waals surface area contributed by atoms with E-state index in [-0.39, 0.29) is 5.54 Å². The van der Waals surface area contributed by atoms with Gasteiger partial charge in [-0.15, -0.1) is 0 Å². The van der Waals surface area contributed by atoms with Crippen LogP contribution in [0.4, 0.5) is 5.82 Å². The monoisotopic (exact) mass is 263 g/mol. The van der Waals surface area contributed by atoms with E-state index >= 15 is 0 Å². The van der Waals surface area contributed by atoms with Crippen LogP contribution in [-0.4, -0.2) is 23.6 Å². The Hall–Kier alpha value is -1.09. The van der Waals surface area contributed by atoms with Crippen molar-refractivity contribution in [2.75, 3.05) is 11.9 Å². The summed E-state index contributed by atoms with van der Waals surface area (Å²) in [5, 5.41) is 3.54. The Balaban J connectivity index is 2.83. The number of hydrogen-bond donors (Lipinski definition) is 1. The fourth-order valence-electron chi connectivity index (χ4n) is 2.07. The van der Waals surface area contributed by atoms with Crippen molar-refractivity contribution in [2.45, 2.75) is 65.6 Å². The zero-order valence-electron chi connectivity index (χ0n) is 13.3. The highest BCUT2D eigenvalue weighted by Crippen LogP contribution is 2.20. The molecule has 0 aromatic carbocycles. The lowest BCUT2D eigenvalue weighted by atomic mass is 10.1. The minimum absolute atomic E-state index is 0.126. The summed E-state index contributed by atoms with van der Waals surface area (Å²) in [6, 6.07) is 4.70. The van der Waals surface area contributed by atoms with Gasteiger partial charge >= 0.3 is 0 Å². The highest BCUT2D eigenvalue weighted by molar-refractivity contribution is 5.46. The third kappa shape index (κ3) is 5.19. The first kappa shape index (κ1) is 16.0. The molecule has 108 valence electrons. The van der Waals surface area contributed by atoms with Crippen LogP contribution in [0.25, 0.3) is 0 Å². The van der Waals surface area contributed by atoms with Gasteiger partial charge < -0.3 is 10.2 Å². The van der Waals surface area contributed by atoms with Crippen molar-refractivity contribution in [3.8, 4) is 0 Å². The number of pyridine rings is 1. The van der Waals surface area contributed by atoms with Crippen molar-refractivity contribution in [1.82, 2.24) is 10.3 Å². The molecule has 1 atom stereocenters. The zero-order valence-corrected chi connectivity index (χ0v) is 13.3.